The van der Waals surface area contributed by atoms with Crippen LogP contribution in [0.15, 0.2) is 77.8 Å². The van der Waals surface area contributed by atoms with Crippen molar-refractivity contribution in [2.45, 2.75) is 25.0 Å². The molecule has 2 N–H and O–H groups in total. The number of fused-ring (bicyclic) bond motifs is 4. The molecule has 0 fully saturated rings. The largest absolute Gasteiger partial charge is 0.390 e. The molecular weight excluding hydrogens is 358 g/mol. The van der Waals surface area contributed by atoms with Gasteiger partial charge in [-0.2, -0.15) is 0 Å². The maximum atomic E-state index is 10.7. The summed E-state index contributed by atoms with van der Waals surface area (Å²) in [6, 6.07) is 25.2. The third-order valence-electron chi connectivity index (χ3n) is 5.82. The highest BCUT2D eigenvalue weighted by Crippen LogP contribution is 2.33. The minimum atomic E-state index is -0.446. The molecular formula is C25H25N3O. The molecule has 146 valence electrons. The van der Waals surface area contributed by atoms with Crippen LogP contribution in [-0.4, -0.2) is 35.1 Å². The summed E-state index contributed by atoms with van der Waals surface area (Å²) in [6.45, 7) is 2.01. The molecule has 0 bridgehead atoms. The van der Waals surface area contributed by atoms with E-state index >= 15 is 0 Å². The van der Waals surface area contributed by atoms with Gasteiger partial charge < -0.3 is 15.0 Å². The van der Waals surface area contributed by atoms with Gasteiger partial charge in [0.1, 0.15) is 0 Å². The van der Waals surface area contributed by atoms with Crippen molar-refractivity contribution in [1.29, 1.82) is 0 Å². The number of aromatic nitrogens is 1. The first-order chi connectivity index (χ1) is 14.3. The number of aliphatic imine (C=N–C) groups is 1. The van der Waals surface area contributed by atoms with Crippen LogP contribution in [0.1, 0.15) is 17.9 Å². The maximum Gasteiger partial charge on any atom is 0.0843 e. The van der Waals surface area contributed by atoms with Crippen molar-refractivity contribution in [3.05, 3.63) is 78.4 Å². The van der Waals surface area contributed by atoms with E-state index in [0.29, 0.717) is 19.0 Å². The van der Waals surface area contributed by atoms with E-state index in [1.54, 1.807) is 0 Å². The second kappa shape index (κ2) is 7.82. The summed E-state index contributed by atoms with van der Waals surface area (Å²) in [5.74, 6) is 0.369. The molecule has 0 radical (unpaired) electrons. The molecule has 5 rings (SSSR count). The molecule has 0 aliphatic carbocycles. The van der Waals surface area contributed by atoms with Crippen LogP contribution in [0, 0.1) is 0 Å². The Morgan fingerprint density at radius 2 is 1.55 bits per heavy atom. The van der Waals surface area contributed by atoms with Gasteiger partial charge in [-0.1, -0.05) is 54.6 Å². The van der Waals surface area contributed by atoms with Gasteiger partial charge in [0.05, 0.1) is 18.3 Å². The maximum absolute atomic E-state index is 10.7. The van der Waals surface area contributed by atoms with Crippen LogP contribution in [0.25, 0.3) is 21.8 Å². The van der Waals surface area contributed by atoms with Crippen molar-refractivity contribution in [1.82, 2.24) is 9.88 Å². The van der Waals surface area contributed by atoms with Gasteiger partial charge >= 0.3 is 0 Å². The summed E-state index contributed by atoms with van der Waals surface area (Å²) in [4.78, 5) is 4.50. The van der Waals surface area contributed by atoms with Gasteiger partial charge in [0.2, 0.25) is 0 Å². The SMILES string of the molecule is O[C@@H](CNCC[C@@H]1C=Nc2ccccc21)Cn1c2ccccc2c2ccccc21. The second-order valence-corrected chi connectivity index (χ2v) is 7.74. The van der Waals surface area contributed by atoms with Crippen LogP contribution in [0.3, 0.4) is 0 Å². The Hall–Kier alpha value is -2.95. The van der Waals surface area contributed by atoms with E-state index in [0.717, 1.165) is 18.7 Å². The average Bonchev–Trinajstić information content (AvgIpc) is 3.31. The zero-order valence-electron chi connectivity index (χ0n) is 16.3. The summed E-state index contributed by atoms with van der Waals surface area (Å²) >= 11 is 0. The Morgan fingerprint density at radius 1 is 0.897 bits per heavy atom. The summed E-state index contributed by atoms with van der Waals surface area (Å²) in [5.41, 5.74) is 4.74. The fourth-order valence-electron chi connectivity index (χ4n) is 4.40. The molecule has 4 aromatic rings. The normalized spacial score (nSPS) is 16.5. The van der Waals surface area contributed by atoms with E-state index < -0.39 is 6.10 Å². The van der Waals surface area contributed by atoms with Crippen LogP contribution in [0.5, 0.6) is 0 Å². The monoisotopic (exact) mass is 383 g/mol. The Bertz CT molecular complexity index is 1120. The first kappa shape index (κ1) is 18.1. The minimum absolute atomic E-state index is 0.369. The predicted octanol–water partition coefficient (Wildman–Crippen LogP) is 4.63. The van der Waals surface area contributed by atoms with Crippen LogP contribution in [-0.2, 0) is 6.54 Å². The highest BCUT2D eigenvalue weighted by Gasteiger charge is 2.18. The Morgan fingerprint density at radius 3 is 2.31 bits per heavy atom. The highest BCUT2D eigenvalue weighted by atomic mass is 16.3. The first-order valence-corrected chi connectivity index (χ1v) is 10.3. The fraction of sp³-hybridized carbons (Fsp3) is 0.240. The van der Waals surface area contributed by atoms with E-state index in [4.69, 9.17) is 0 Å². The Balaban J connectivity index is 1.22. The van der Waals surface area contributed by atoms with E-state index in [1.807, 2.05) is 12.3 Å². The topological polar surface area (TPSA) is 49.5 Å². The molecule has 4 heteroatoms. The molecule has 2 heterocycles. The predicted molar refractivity (Wildman–Crippen MR) is 120 cm³/mol. The minimum Gasteiger partial charge on any atom is -0.390 e. The average molecular weight is 383 g/mol. The zero-order valence-corrected chi connectivity index (χ0v) is 16.3. The Labute approximate surface area is 170 Å². The van der Waals surface area contributed by atoms with Gasteiger partial charge in [-0.25, -0.2) is 0 Å². The quantitative estimate of drug-likeness (QED) is 0.457. The van der Waals surface area contributed by atoms with Crippen LogP contribution >= 0.6 is 0 Å². The number of nitrogens with zero attached hydrogens (tertiary/aromatic N) is 2. The number of nitrogens with one attached hydrogen (secondary N) is 1. The number of hydrogen-bond acceptors (Lipinski definition) is 3. The Kier molecular flexibility index (Phi) is 4.88. The smallest absolute Gasteiger partial charge is 0.0843 e. The molecule has 0 saturated carbocycles. The van der Waals surface area contributed by atoms with Crippen molar-refractivity contribution in [3.8, 4) is 0 Å². The van der Waals surface area contributed by atoms with Crippen LogP contribution in [0.2, 0.25) is 0 Å². The van der Waals surface area contributed by atoms with E-state index in [-0.39, 0.29) is 0 Å². The molecule has 0 saturated heterocycles. The van der Waals surface area contributed by atoms with Gasteiger partial charge in [0, 0.05) is 40.5 Å². The lowest BCUT2D eigenvalue weighted by molar-refractivity contribution is 0.154. The number of aliphatic hydroxyl groups is 1. The van der Waals surface area contributed by atoms with Crippen molar-refractivity contribution < 1.29 is 5.11 Å². The summed E-state index contributed by atoms with van der Waals surface area (Å²) < 4.78 is 2.23. The van der Waals surface area contributed by atoms with Crippen molar-refractivity contribution in [2.75, 3.05) is 13.1 Å². The summed E-state index contributed by atoms with van der Waals surface area (Å²) in [6.07, 6.45) is 2.59. The van der Waals surface area contributed by atoms with E-state index in [9.17, 15) is 5.11 Å². The zero-order chi connectivity index (χ0) is 19.6. The second-order valence-electron chi connectivity index (χ2n) is 7.74. The molecule has 0 amide bonds. The third kappa shape index (κ3) is 3.46. The molecule has 3 aromatic carbocycles. The van der Waals surface area contributed by atoms with E-state index in [2.05, 4.69) is 81.6 Å². The lowest BCUT2D eigenvalue weighted by atomic mass is 9.98. The molecule has 1 aliphatic rings. The van der Waals surface area contributed by atoms with Crippen LogP contribution in [0.4, 0.5) is 5.69 Å². The molecule has 1 aliphatic heterocycles. The van der Waals surface area contributed by atoms with Gasteiger partial charge in [0.25, 0.3) is 0 Å². The van der Waals surface area contributed by atoms with Gasteiger partial charge in [-0.3, -0.25) is 4.99 Å². The molecule has 2 atom stereocenters. The van der Waals surface area contributed by atoms with Gasteiger partial charge in [-0.15, -0.1) is 0 Å². The van der Waals surface area contributed by atoms with Crippen LogP contribution < -0.4 is 5.32 Å². The summed E-state index contributed by atoms with van der Waals surface area (Å²) in [7, 11) is 0. The lowest BCUT2D eigenvalue weighted by Crippen LogP contribution is -2.31. The van der Waals surface area contributed by atoms with Crippen molar-refractivity contribution in [3.63, 3.8) is 0 Å². The first-order valence-electron chi connectivity index (χ1n) is 10.3. The number of hydrogen-bond donors (Lipinski definition) is 2. The molecule has 1 aromatic heterocycles. The molecule has 4 nitrogen and oxygen atoms in total. The molecule has 29 heavy (non-hydrogen) atoms. The number of benzene rings is 3. The van der Waals surface area contributed by atoms with Gasteiger partial charge in [0.15, 0.2) is 0 Å². The van der Waals surface area contributed by atoms with Crippen molar-refractivity contribution >= 4 is 33.7 Å². The summed E-state index contributed by atoms with van der Waals surface area (Å²) in [5, 5.41) is 16.6. The number of para-hydroxylation sites is 3. The molecule has 0 spiro atoms. The van der Waals surface area contributed by atoms with Crippen molar-refractivity contribution in [2.24, 2.45) is 4.99 Å². The number of rotatable bonds is 7. The highest BCUT2D eigenvalue weighted by molar-refractivity contribution is 6.07. The number of aliphatic hydroxyl groups excluding tert-OH is 1. The standard InChI is InChI=1S/C25H25N3O/c29-19(16-26-14-13-18-15-27-23-10-4-1-7-20(18)23)17-28-24-11-5-2-8-21(24)22-9-3-6-12-25(22)28/h1-12,15,18-19,26,29H,13-14,16-17H2/t18-,19+/m1/s1. The van der Waals surface area contributed by atoms with Gasteiger partial charge in [-0.05, 0) is 36.7 Å². The molecule has 0 unspecified atom stereocenters. The van der Waals surface area contributed by atoms with E-state index in [1.165, 1.54) is 27.4 Å². The fourth-order valence-corrected chi connectivity index (χ4v) is 4.40. The third-order valence-corrected chi connectivity index (χ3v) is 5.82. The lowest BCUT2D eigenvalue weighted by Gasteiger charge is -2.16.